The van der Waals surface area contributed by atoms with Gasteiger partial charge in [-0.3, -0.25) is 9.52 Å². The standard InChI is InChI=1S/C22H26N2O3S/c1-3-16-7-4-5-10-20(16)23-28(26,27)19-11-12-21-18(14-19)13-15(2)24(21)22(25)17-8-6-9-17/h4-5,7,10-12,14-15,17,23H,3,6,8-9,13H2,1-2H3/t15-/m1/s1. The number of anilines is 2. The van der Waals surface area contributed by atoms with E-state index in [1.807, 2.05) is 36.9 Å². The van der Waals surface area contributed by atoms with Gasteiger partial charge in [-0.15, -0.1) is 0 Å². The van der Waals surface area contributed by atoms with Crippen molar-refractivity contribution < 1.29 is 13.2 Å². The van der Waals surface area contributed by atoms with E-state index in [4.69, 9.17) is 0 Å². The van der Waals surface area contributed by atoms with Gasteiger partial charge in [-0.25, -0.2) is 8.42 Å². The van der Waals surface area contributed by atoms with Gasteiger partial charge in [0, 0.05) is 17.6 Å². The van der Waals surface area contributed by atoms with E-state index in [2.05, 4.69) is 4.72 Å². The Morgan fingerprint density at radius 1 is 1.18 bits per heavy atom. The number of benzene rings is 2. The van der Waals surface area contributed by atoms with Crippen molar-refractivity contribution in [2.75, 3.05) is 9.62 Å². The lowest BCUT2D eigenvalue weighted by Crippen LogP contribution is -2.42. The quantitative estimate of drug-likeness (QED) is 0.824. The first kappa shape index (κ1) is 19.0. The molecule has 0 unspecified atom stereocenters. The van der Waals surface area contributed by atoms with Gasteiger partial charge in [0.05, 0.1) is 10.6 Å². The van der Waals surface area contributed by atoms with Crippen LogP contribution in [0.4, 0.5) is 11.4 Å². The van der Waals surface area contributed by atoms with Gasteiger partial charge in [-0.2, -0.15) is 0 Å². The molecule has 28 heavy (non-hydrogen) atoms. The summed E-state index contributed by atoms with van der Waals surface area (Å²) in [6.45, 7) is 4.03. The van der Waals surface area contributed by atoms with Crippen LogP contribution in [0.1, 0.15) is 44.2 Å². The number of hydrogen-bond acceptors (Lipinski definition) is 3. The van der Waals surface area contributed by atoms with Gasteiger partial charge < -0.3 is 4.90 Å². The topological polar surface area (TPSA) is 66.5 Å². The minimum atomic E-state index is -3.69. The molecular weight excluding hydrogens is 372 g/mol. The second kappa shape index (κ2) is 7.24. The number of aryl methyl sites for hydroxylation is 1. The molecular formula is C22H26N2O3S. The molecule has 1 atom stereocenters. The average molecular weight is 399 g/mol. The van der Waals surface area contributed by atoms with E-state index >= 15 is 0 Å². The van der Waals surface area contributed by atoms with Crippen molar-refractivity contribution in [3.05, 3.63) is 53.6 Å². The zero-order chi connectivity index (χ0) is 19.9. The minimum Gasteiger partial charge on any atom is -0.309 e. The van der Waals surface area contributed by atoms with Crippen LogP contribution in [0, 0.1) is 5.92 Å². The molecule has 1 fully saturated rings. The Labute approximate surface area is 166 Å². The fourth-order valence-corrected chi connectivity index (χ4v) is 5.25. The van der Waals surface area contributed by atoms with Crippen LogP contribution in [0.2, 0.25) is 0 Å². The number of para-hydroxylation sites is 1. The molecule has 4 rings (SSSR count). The molecule has 148 valence electrons. The van der Waals surface area contributed by atoms with E-state index in [-0.39, 0.29) is 22.8 Å². The van der Waals surface area contributed by atoms with E-state index < -0.39 is 10.0 Å². The molecule has 1 amide bonds. The number of fused-ring (bicyclic) bond motifs is 1. The summed E-state index contributed by atoms with van der Waals surface area (Å²) in [5, 5.41) is 0. The van der Waals surface area contributed by atoms with Gasteiger partial charge in [-0.05, 0) is 68.0 Å². The highest BCUT2D eigenvalue weighted by molar-refractivity contribution is 7.92. The van der Waals surface area contributed by atoms with Crippen molar-refractivity contribution in [1.82, 2.24) is 0 Å². The second-order valence-electron chi connectivity index (χ2n) is 7.80. The summed E-state index contributed by atoms with van der Waals surface area (Å²) in [5.74, 6) is 0.312. The summed E-state index contributed by atoms with van der Waals surface area (Å²) < 4.78 is 28.6. The third kappa shape index (κ3) is 3.30. The average Bonchev–Trinajstić information content (AvgIpc) is 2.95. The van der Waals surface area contributed by atoms with Crippen molar-refractivity contribution in [3.63, 3.8) is 0 Å². The van der Waals surface area contributed by atoms with Gasteiger partial charge >= 0.3 is 0 Å². The number of hydrogen-bond donors (Lipinski definition) is 1. The molecule has 2 aliphatic rings. The first-order valence-electron chi connectivity index (χ1n) is 9.97. The SMILES string of the molecule is CCc1ccccc1NS(=O)(=O)c1ccc2c(c1)C[C@@H](C)N2C(=O)C1CCC1. The van der Waals surface area contributed by atoms with Crippen molar-refractivity contribution >= 4 is 27.3 Å². The third-order valence-corrected chi connectivity index (χ3v) is 7.27. The molecule has 6 heteroatoms. The number of rotatable bonds is 5. The maximum atomic E-state index is 12.9. The van der Waals surface area contributed by atoms with Crippen LogP contribution < -0.4 is 9.62 Å². The van der Waals surface area contributed by atoms with E-state index in [0.717, 1.165) is 42.5 Å². The predicted molar refractivity (Wildman–Crippen MR) is 111 cm³/mol. The number of nitrogens with one attached hydrogen (secondary N) is 1. The fourth-order valence-electron chi connectivity index (χ4n) is 4.09. The highest BCUT2D eigenvalue weighted by atomic mass is 32.2. The monoisotopic (exact) mass is 398 g/mol. The Morgan fingerprint density at radius 2 is 1.93 bits per heavy atom. The summed E-state index contributed by atoms with van der Waals surface area (Å²) in [6, 6.07) is 12.6. The number of carbonyl (C=O) groups excluding carboxylic acids is 1. The Kier molecular flexibility index (Phi) is 4.91. The molecule has 5 nitrogen and oxygen atoms in total. The lowest BCUT2D eigenvalue weighted by atomic mass is 9.84. The van der Waals surface area contributed by atoms with Gasteiger partial charge in [-0.1, -0.05) is 31.5 Å². The molecule has 0 saturated heterocycles. The van der Waals surface area contributed by atoms with Crippen molar-refractivity contribution in [2.24, 2.45) is 5.92 Å². The zero-order valence-electron chi connectivity index (χ0n) is 16.3. The molecule has 1 aliphatic heterocycles. The van der Waals surface area contributed by atoms with E-state index in [1.54, 1.807) is 24.3 Å². The Bertz CT molecular complexity index is 1010. The molecule has 1 N–H and O–H groups in total. The molecule has 1 heterocycles. The highest BCUT2D eigenvalue weighted by Gasteiger charge is 2.37. The van der Waals surface area contributed by atoms with Crippen LogP contribution in [-0.2, 0) is 27.7 Å². The number of sulfonamides is 1. The summed E-state index contributed by atoms with van der Waals surface area (Å²) >= 11 is 0. The Balaban J connectivity index is 1.62. The number of amides is 1. The van der Waals surface area contributed by atoms with Gasteiger partial charge in [0.15, 0.2) is 0 Å². The molecule has 0 spiro atoms. The maximum Gasteiger partial charge on any atom is 0.261 e. The third-order valence-electron chi connectivity index (χ3n) is 5.91. The van der Waals surface area contributed by atoms with Crippen molar-refractivity contribution in [3.8, 4) is 0 Å². The maximum absolute atomic E-state index is 12.9. The summed E-state index contributed by atoms with van der Waals surface area (Å²) in [7, 11) is -3.69. The highest BCUT2D eigenvalue weighted by Crippen LogP contribution is 2.38. The Morgan fingerprint density at radius 3 is 2.61 bits per heavy atom. The molecule has 0 bridgehead atoms. The Hall–Kier alpha value is -2.34. The largest absolute Gasteiger partial charge is 0.309 e. The van der Waals surface area contributed by atoms with Crippen LogP contribution in [0.25, 0.3) is 0 Å². The van der Waals surface area contributed by atoms with Crippen LogP contribution in [0.3, 0.4) is 0 Å². The molecule has 2 aromatic carbocycles. The lowest BCUT2D eigenvalue weighted by molar-refractivity contribution is -0.125. The van der Waals surface area contributed by atoms with Crippen LogP contribution >= 0.6 is 0 Å². The zero-order valence-corrected chi connectivity index (χ0v) is 17.1. The van der Waals surface area contributed by atoms with Crippen molar-refractivity contribution in [2.45, 2.75) is 56.9 Å². The molecule has 0 aromatic heterocycles. The van der Waals surface area contributed by atoms with Crippen molar-refractivity contribution in [1.29, 1.82) is 0 Å². The molecule has 1 saturated carbocycles. The smallest absolute Gasteiger partial charge is 0.261 e. The first-order valence-corrected chi connectivity index (χ1v) is 11.5. The van der Waals surface area contributed by atoms with Gasteiger partial charge in [0.25, 0.3) is 10.0 Å². The van der Waals surface area contributed by atoms with E-state index in [9.17, 15) is 13.2 Å². The molecule has 0 radical (unpaired) electrons. The summed E-state index contributed by atoms with van der Waals surface area (Å²) in [4.78, 5) is 14.9. The van der Waals surface area contributed by atoms with Crippen LogP contribution in [0.5, 0.6) is 0 Å². The summed E-state index contributed by atoms with van der Waals surface area (Å²) in [6.07, 6.45) is 4.48. The van der Waals surface area contributed by atoms with Gasteiger partial charge in [0.1, 0.15) is 0 Å². The molecule has 1 aliphatic carbocycles. The normalized spacial score (nSPS) is 19.2. The van der Waals surface area contributed by atoms with Crippen LogP contribution in [-0.4, -0.2) is 20.4 Å². The number of carbonyl (C=O) groups is 1. The fraction of sp³-hybridized carbons (Fsp3) is 0.409. The van der Waals surface area contributed by atoms with Gasteiger partial charge in [0.2, 0.25) is 5.91 Å². The lowest BCUT2D eigenvalue weighted by Gasteiger charge is -2.32. The second-order valence-corrected chi connectivity index (χ2v) is 9.48. The first-order chi connectivity index (χ1) is 13.4. The number of nitrogens with zero attached hydrogens (tertiary/aromatic N) is 1. The molecule has 2 aromatic rings. The minimum absolute atomic E-state index is 0.0647. The van der Waals surface area contributed by atoms with Crippen LogP contribution in [0.15, 0.2) is 47.4 Å². The van der Waals surface area contributed by atoms with E-state index in [0.29, 0.717) is 12.1 Å². The van der Waals surface area contributed by atoms with E-state index in [1.165, 1.54) is 0 Å². The predicted octanol–water partition coefficient (Wildman–Crippen LogP) is 4.13. The summed E-state index contributed by atoms with van der Waals surface area (Å²) in [5.41, 5.74) is 3.35.